The van der Waals surface area contributed by atoms with Crippen molar-refractivity contribution >= 4 is 11.9 Å². The topological polar surface area (TPSA) is 46.6 Å². The maximum atomic E-state index is 12.1. The molecule has 0 spiro atoms. The molecule has 0 aromatic heterocycles. The Bertz CT molecular complexity index is 498. The summed E-state index contributed by atoms with van der Waals surface area (Å²) < 4.78 is 5.31. The molecular weight excluding hydrogens is 266 g/mol. The molecule has 0 radical (unpaired) electrons. The Morgan fingerprint density at radius 1 is 1.33 bits per heavy atom. The molecule has 1 aromatic rings. The molecule has 1 aliphatic heterocycles. The van der Waals surface area contributed by atoms with E-state index in [0.717, 1.165) is 18.4 Å². The third kappa shape index (κ3) is 4.18. The quantitative estimate of drug-likeness (QED) is 0.754. The van der Waals surface area contributed by atoms with Crippen LogP contribution in [0.4, 0.5) is 4.79 Å². The molecule has 1 atom stereocenters. The van der Waals surface area contributed by atoms with Crippen LogP contribution in [-0.4, -0.2) is 29.4 Å². The third-order valence-electron chi connectivity index (χ3n) is 3.66. The van der Waals surface area contributed by atoms with Gasteiger partial charge < -0.3 is 4.74 Å². The summed E-state index contributed by atoms with van der Waals surface area (Å²) in [6.45, 7) is 4.45. The number of hydrogen-bond donors (Lipinski definition) is 0. The summed E-state index contributed by atoms with van der Waals surface area (Å²) in [5.41, 5.74) is 0.944. The fourth-order valence-corrected chi connectivity index (χ4v) is 2.53. The molecule has 1 aromatic carbocycles. The molecule has 1 fully saturated rings. The van der Waals surface area contributed by atoms with E-state index >= 15 is 0 Å². The van der Waals surface area contributed by atoms with Gasteiger partial charge in [-0.15, -0.1) is 6.58 Å². The second-order valence-electron chi connectivity index (χ2n) is 5.19. The monoisotopic (exact) mass is 287 g/mol. The highest BCUT2D eigenvalue weighted by molar-refractivity contribution is 5.88. The molecule has 1 saturated heterocycles. The SMILES string of the molecule is C=CCCC(=O)C1CCCN1C(=O)OCc1ccccc1. The molecule has 4 nitrogen and oxygen atoms in total. The Hall–Kier alpha value is -2.10. The number of likely N-dealkylation sites (tertiary alicyclic amines) is 1. The van der Waals surface area contributed by atoms with E-state index < -0.39 is 6.09 Å². The molecule has 0 saturated carbocycles. The standard InChI is InChI=1S/C17H21NO3/c1-2-3-11-16(19)15-10-7-12-18(15)17(20)21-13-14-8-5-4-6-9-14/h2,4-6,8-9,15H,1,3,7,10-13H2. The van der Waals surface area contributed by atoms with E-state index in [2.05, 4.69) is 6.58 Å². The van der Waals surface area contributed by atoms with Crippen molar-refractivity contribution in [3.63, 3.8) is 0 Å². The first-order valence-electron chi connectivity index (χ1n) is 7.33. The van der Waals surface area contributed by atoms with Gasteiger partial charge in [-0.2, -0.15) is 0 Å². The van der Waals surface area contributed by atoms with E-state index in [9.17, 15) is 9.59 Å². The summed E-state index contributed by atoms with van der Waals surface area (Å²) >= 11 is 0. The van der Waals surface area contributed by atoms with Gasteiger partial charge >= 0.3 is 6.09 Å². The van der Waals surface area contributed by atoms with Gasteiger partial charge in [0.25, 0.3) is 0 Å². The zero-order chi connectivity index (χ0) is 15.1. The lowest BCUT2D eigenvalue weighted by atomic mass is 10.1. The van der Waals surface area contributed by atoms with Gasteiger partial charge in [-0.25, -0.2) is 4.79 Å². The lowest BCUT2D eigenvalue weighted by Gasteiger charge is -2.23. The number of benzene rings is 1. The molecule has 4 heteroatoms. The van der Waals surface area contributed by atoms with Gasteiger partial charge in [0.1, 0.15) is 6.61 Å². The summed E-state index contributed by atoms with van der Waals surface area (Å²) in [7, 11) is 0. The molecule has 1 aliphatic rings. The van der Waals surface area contributed by atoms with Crippen LogP contribution < -0.4 is 0 Å². The normalized spacial score (nSPS) is 17.5. The lowest BCUT2D eigenvalue weighted by Crippen LogP contribution is -2.40. The molecule has 1 unspecified atom stereocenters. The minimum atomic E-state index is -0.395. The molecule has 112 valence electrons. The van der Waals surface area contributed by atoms with Crippen molar-refractivity contribution in [1.82, 2.24) is 4.90 Å². The van der Waals surface area contributed by atoms with Crippen LogP contribution in [0.5, 0.6) is 0 Å². The number of carbonyl (C=O) groups is 2. The molecule has 1 amide bonds. The summed E-state index contributed by atoms with van der Waals surface area (Å²) in [5, 5.41) is 0. The highest BCUT2D eigenvalue weighted by Gasteiger charge is 2.34. The highest BCUT2D eigenvalue weighted by Crippen LogP contribution is 2.21. The number of Topliss-reactive ketones (excluding diaryl/α,β-unsaturated/α-hetero) is 1. The smallest absolute Gasteiger partial charge is 0.410 e. The van der Waals surface area contributed by atoms with Crippen molar-refractivity contribution in [3.05, 3.63) is 48.6 Å². The molecule has 0 aliphatic carbocycles. The van der Waals surface area contributed by atoms with Gasteiger partial charge in [0.15, 0.2) is 5.78 Å². The number of ketones is 1. The van der Waals surface area contributed by atoms with Crippen LogP contribution in [-0.2, 0) is 16.1 Å². The Morgan fingerprint density at radius 2 is 2.10 bits per heavy atom. The first-order valence-corrected chi connectivity index (χ1v) is 7.33. The van der Waals surface area contributed by atoms with Crippen LogP contribution in [0.3, 0.4) is 0 Å². The Balaban J connectivity index is 1.88. The fourth-order valence-electron chi connectivity index (χ4n) is 2.53. The summed E-state index contributed by atoms with van der Waals surface area (Å²) in [6, 6.07) is 9.21. The second-order valence-corrected chi connectivity index (χ2v) is 5.19. The average Bonchev–Trinajstić information content (AvgIpc) is 3.01. The van der Waals surface area contributed by atoms with Crippen molar-refractivity contribution in [1.29, 1.82) is 0 Å². The zero-order valence-corrected chi connectivity index (χ0v) is 12.2. The minimum absolute atomic E-state index is 0.101. The Morgan fingerprint density at radius 3 is 2.81 bits per heavy atom. The van der Waals surface area contributed by atoms with Crippen molar-refractivity contribution in [2.45, 2.75) is 38.3 Å². The van der Waals surface area contributed by atoms with E-state index in [-0.39, 0.29) is 18.4 Å². The van der Waals surface area contributed by atoms with Gasteiger partial charge in [0.2, 0.25) is 0 Å². The molecule has 1 heterocycles. The number of carbonyl (C=O) groups excluding carboxylic acids is 2. The number of hydrogen-bond acceptors (Lipinski definition) is 3. The maximum Gasteiger partial charge on any atom is 0.410 e. The molecule has 21 heavy (non-hydrogen) atoms. The highest BCUT2D eigenvalue weighted by atomic mass is 16.6. The molecule has 2 rings (SSSR count). The van der Waals surface area contributed by atoms with E-state index in [1.165, 1.54) is 0 Å². The Labute approximate surface area is 125 Å². The fraction of sp³-hybridized carbons (Fsp3) is 0.412. The predicted molar refractivity (Wildman–Crippen MR) is 80.8 cm³/mol. The number of amides is 1. The van der Waals surface area contributed by atoms with Crippen molar-refractivity contribution in [2.75, 3.05) is 6.54 Å². The van der Waals surface area contributed by atoms with Crippen LogP contribution in [0.1, 0.15) is 31.2 Å². The van der Waals surface area contributed by atoms with Gasteiger partial charge in [-0.1, -0.05) is 36.4 Å². The minimum Gasteiger partial charge on any atom is -0.445 e. The number of allylic oxidation sites excluding steroid dienone is 1. The summed E-state index contributed by atoms with van der Waals surface area (Å²) in [5.74, 6) is 0.101. The average molecular weight is 287 g/mol. The van der Waals surface area contributed by atoms with E-state index in [4.69, 9.17) is 4.74 Å². The third-order valence-corrected chi connectivity index (χ3v) is 3.66. The second kappa shape index (κ2) is 7.62. The first kappa shape index (κ1) is 15.3. The zero-order valence-electron chi connectivity index (χ0n) is 12.2. The van der Waals surface area contributed by atoms with Crippen LogP contribution in [0, 0.1) is 0 Å². The number of ether oxygens (including phenoxy) is 1. The number of rotatable bonds is 6. The van der Waals surface area contributed by atoms with Crippen molar-refractivity contribution in [2.24, 2.45) is 0 Å². The van der Waals surface area contributed by atoms with Crippen LogP contribution in [0.25, 0.3) is 0 Å². The van der Waals surface area contributed by atoms with E-state index in [1.807, 2.05) is 30.3 Å². The number of nitrogens with zero attached hydrogens (tertiary/aromatic N) is 1. The maximum absolute atomic E-state index is 12.1. The van der Waals surface area contributed by atoms with Crippen LogP contribution in [0.2, 0.25) is 0 Å². The van der Waals surface area contributed by atoms with Crippen molar-refractivity contribution in [3.8, 4) is 0 Å². The predicted octanol–water partition coefficient (Wildman–Crippen LogP) is 3.32. The Kier molecular flexibility index (Phi) is 5.55. The van der Waals surface area contributed by atoms with Crippen molar-refractivity contribution < 1.29 is 14.3 Å². The van der Waals surface area contributed by atoms with E-state index in [1.54, 1.807) is 11.0 Å². The lowest BCUT2D eigenvalue weighted by molar-refractivity contribution is -0.122. The largest absolute Gasteiger partial charge is 0.445 e. The van der Waals surface area contributed by atoms with Gasteiger partial charge in [-0.05, 0) is 24.8 Å². The molecular formula is C17H21NO3. The van der Waals surface area contributed by atoms with E-state index in [0.29, 0.717) is 19.4 Å². The van der Waals surface area contributed by atoms with Gasteiger partial charge in [0, 0.05) is 13.0 Å². The summed E-state index contributed by atoms with van der Waals surface area (Å²) in [6.07, 6.45) is 4.01. The summed E-state index contributed by atoms with van der Waals surface area (Å²) in [4.78, 5) is 25.8. The van der Waals surface area contributed by atoms with Gasteiger partial charge in [0.05, 0.1) is 6.04 Å². The van der Waals surface area contributed by atoms with Crippen LogP contribution in [0.15, 0.2) is 43.0 Å². The molecule has 0 N–H and O–H groups in total. The van der Waals surface area contributed by atoms with Crippen LogP contribution >= 0.6 is 0 Å². The molecule has 0 bridgehead atoms. The van der Waals surface area contributed by atoms with Gasteiger partial charge in [-0.3, -0.25) is 9.69 Å². The first-order chi connectivity index (χ1) is 10.2.